The second-order valence-corrected chi connectivity index (χ2v) is 7.29. The number of carbonyl (C=O) groups is 1. The van der Waals surface area contributed by atoms with Crippen molar-refractivity contribution in [1.82, 2.24) is 0 Å². The minimum atomic E-state index is -3.68. The number of rotatable bonds is 3. The maximum atomic E-state index is 11.8. The summed E-state index contributed by atoms with van der Waals surface area (Å²) < 4.78 is 34.0. The van der Waals surface area contributed by atoms with Gasteiger partial charge in [0.25, 0.3) is 0 Å². The number of ether oxygens (including phenoxy) is 2. The van der Waals surface area contributed by atoms with E-state index in [2.05, 4.69) is 0 Å². The van der Waals surface area contributed by atoms with Gasteiger partial charge in [0, 0.05) is 12.2 Å². The summed E-state index contributed by atoms with van der Waals surface area (Å²) in [6.07, 6.45) is 0.944. The molecule has 3 rings (SSSR count). The summed E-state index contributed by atoms with van der Waals surface area (Å²) in [5.74, 6) is -1.41. The van der Waals surface area contributed by atoms with Gasteiger partial charge < -0.3 is 14.6 Å². The first-order valence-corrected chi connectivity index (χ1v) is 8.01. The molecule has 8 heteroatoms. The second kappa shape index (κ2) is 4.11. The fourth-order valence-electron chi connectivity index (χ4n) is 2.92. The van der Waals surface area contributed by atoms with Gasteiger partial charge in [-0.15, -0.1) is 0 Å². The van der Waals surface area contributed by atoms with Gasteiger partial charge in [0.2, 0.25) is 6.79 Å². The van der Waals surface area contributed by atoms with Crippen LogP contribution in [0, 0.1) is 16.7 Å². The first-order valence-electron chi connectivity index (χ1n) is 6.05. The third kappa shape index (κ3) is 1.77. The zero-order valence-corrected chi connectivity index (χ0v) is 11.8. The van der Waals surface area contributed by atoms with E-state index in [9.17, 15) is 23.6 Å². The molecule has 1 heterocycles. The number of benzene rings is 1. The SMILES string of the molecule is CS(=O)(=O)[C@H]1[C@@H](c2ccc3c(c2)OCO3)[C@@]1(C#N)C(=O)O. The largest absolute Gasteiger partial charge is 0.480 e. The molecule has 110 valence electrons. The third-order valence-corrected chi connectivity index (χ3v) is 5.46. The van der Waals surface area contributed by atoms with Crippen molar-refractivity contribution in [2.24, 2.45) is 5.41 Å². The maximum absolute atomic E-state index is 11.8. The highest BCUT2D eigenvalue weighted by Crippen LogP contribution is 2.63. The molecular formula is C13H11NO6S. The highest BCUT2D eigenvalue weighted by Gasteiger charge is 2.76. The number of sulfone groups is 1. The Labute approximate surface area is 120 Å². The van der Waals surface area contributed by atoms with Gasteiger partial charge in [-0.1, -0.05) is 6.07 Å². The van der Waals surface area contributed by atoms with Crippen LogP contribution in [-0.4, -0.2) is 37.8 Å². The van der Waals surface area contributed by atoms with Gasteiger partial charge in [0.1, 0.15) is 5.25 Å². The van der Waals surface area contributed by atoms with E-state index in [-0.39, 0.29) is 6.79 Å². The molecule has 1 aliphatic heterocycles. The van der Waals surface area contributed by atoms with Crippen molar-refractivity contribution in [2.75, 3.05) is 13.0 Å². The highest BCUT2D eigenvalue weighted by atomic mass is 32.2. The lowest BCUT2D eigenvalue weighted by Gasteiger charge is -2.03. The van der Waals surface area contributed by atoms with Gasteiger partial charge in [-0.05, 0) is 17.7 Å². The molecule has 1 aliphatic carbocycles. The minimum Gasteiger partial charge on any atom is -0.480 e. The topological polar surface area (TPSA) is 114 Å². The molecule has 0 radical (unpaired) electrons. The van der Waals surface area contributed by atoms with Crippen molar-refractivity contribution in [3.05, 3.63) is 23.8 Å². The number of hydrogen-bond acceptors (Lipinski definition) is 6. The van der Waals surface area contributed by atoms with Gasteiger partial charge in [-0.25, -0.2) is 8.42 Å². The Kier molecular flexibility index (Phi) is 2.68. The summed E-state index contributed by atoms with van der Waals surface area (Å²) in [5.41, 5.74) is -1.50. The van der Waals surface area contributed by atoms with Crippen LogP contribution in [0.2, 0.25) is 0 Å². The van der Waals surface area contributed by atoms with Crippen molar-refractivity contribution in [3.63, 3.8) is 0 Å². The van der Waals surface area contributed by atoms with Crippen LogP contribution >= 0.6 is 0 Å². The first kappa shape index (κ1) is 13.7. The van der Waals surface area contributed by atoms with E-state index in [1.54, 1.807) is 18.2 Å². The maximum Gasteiger partial charge on any atom is 0.326 e. The van der Waals surface area contributed by atoms with Gasteiger partial charge >= 0.3 is 5.97 Å². The Morgan fingerprint density at radius 1 is 1.43 bits per heavy atom. The standard InChI is InChI=1S/C13H11NO6S/c1-21(17,18)11-10(13(11,5-14)12(15)16)7-2-3-8-9(4-7)20-6-19-8/h2-4,10-11H,6H2,1H3,(H,15,16)/t10-,11+,13-/m1/s1. The summed E-state index contributed by atoms with van der Waals surface area (Å²) >= 11 is 0. The molecule has 1 saturated carbocycles. The summed E-state index contributed by atoms with van der Waals surface area (Å²) in [5, 5.41) is 17.3. The molecule has 0 amide bonds. The van der Waals surface area contributed by atoms with Crippen molar-refractivity contribution in [1.29, 1.82) is 5.26 Å². The smallest absolute Gasteiger partial charge is 0.326 e. The summed E-state index contributed by atoms with van der Waals surface area (Å²) in [6, 6.07) is 6.36. The number of nitrogens with zero attached hydrogens (tertiary/aromatic N) is 1. The number of hydrogen-bond donors (Lipinski definition) is 1. The van der Waals surface area contributed by atoms with Gasteiger partial charge in [-0.2, -0.15) is 5.26 Å². The molecule has 1 fully saturated rings. The van der Waals surface area contributed by atoms with Gasteiger partial charge in [0.05, 0.1) is 6.07 Å². The summed E-state index contributed by atoms with van der Waals surface area (Å²) in [6.45, 7) is 0.0568. The molecule has 0 saturated heterocycles. The summed E-state index contributed by atoms with van der Waals surface area (Å²) in [7, 11) is -3.68. The third-order valence-electron chi connectivity index (χ3n) is 3.89. The lowest BCUT2D eigenvalue weighted by atomic mass is 10.0. The lowest BCUT2D eigenvalue weighted by molar-refractivity contribution is -0.141. The predicted molar refractivity (Wildman–Crippen MR) is 69.6 cm³/mol. The Hall–Kier alpha value is -2.27. The van der Waals surface area contributed by atoms with Crippen LogP contribution in [0.3, 0.4) is 0 Å². The Morgan fingerprint density at radius 3 is 2.62 bits per heavy atom. The van der Waals surface area contributed by atoms with Crippen LogP contribution in [-0.2, 0) is 14.6 Å². The van der Waals surface area contributed by atoms with Crippen LogP contribution in [0.5, 0.6) is 11.5 Å². The number of nitriles is 1. The molecule has 3 atom stereocenters. The van der Waals surface area contributed by atoms with Gasteiger partial charge in [-0.3, -0.25) is 4.79 Å². The average Bonchev–Trinajstić information content (AvgIpc) is 2.92. The lowest BCUT2D eigenvalue weighted by Crippen LogP contribution is -2.21. The first-order chi connectivity index (χ1) is 9.82. The minimum absolute atomic E-state index is 0.0568. The zero-order valence-electron chi connectivity index (χ0n) is 10.9. The molecule has 7 nitrogen and oxygen atoms in total. The van der Waals surface area contributed by atoms with Crippen molar-refractivity contribution in [3.8, 4) is 17.6 Å². The van der Waals surface area contributed by atoms with Crippen LogP contribution in [0.25, 0.3) is 0 Å². The molecule has 1 N–H and O–H groups in total. The molecule has 21 heavy (non-hydrogen) atoms. The fourth-order valence-corrected chi connectivity index (χ4v) is 4.68. The number of aliphatic carboxylic acids is 1. The molecule has 1 aromatic carbocycles. The quantitative estimate of drug-likeness (QED) is 0.865. The predicted octanol–water partition coefficient (Wildman–Crippen LogP) is 0.520. The molecule has 0 bridgehead atoms. The van der Waals surface area contributed by atoms with Crippen molar-refractivity contribution < 1.29 is 27.8 Å². The van der Waals surface area contributed by atoms with E-state index >= 15 is 0 Å². The normalized spacial score (nSPS) is 29.7. The van der Waals surface area contributed by atoms with Gasteiger partial charge in [0.15, 0.2) is 26.8 Å². The Balaban J connectivity index is 2.09. The second-order valence-electron chi connectivity index (χ2n) is 5.13. The number of carboxylic acids is 1. The molecule has 1 aromatic rings. The zero-order chi connectivity index (χ0) is 15.4. The fraction of sp³-hybridized carbons (Fsp3) is 0.385. The van der Waals surface area contributed by atoms with E-state index in [0.29, 0.717) is 17.1 Å². The molecule has 0 spiro atoms. The average molecular weight is 309 g/mol. The van der Waals surface area contributed by atoms with E-state index in [0.717, 1.165) is 6.26 Å². The van der Waals surface area contributed by atoms with Crippen molar-refractivity contribution >= 4 is 15.8 Å². The Morgan fingerprint density at radius 2 is 2.10 bits per heavy atom. The molecule has 0 unspecified atom stereocenters. The van der Waals surface area contributed by atoms with E-state index in [4.69, 9.17) is 9.47 Å². The molecule has 2 aliphatic rings. The van der Waals surface area contributed by atoms with Crippen LogP contribution in [0.15, 0.2) is 18.2 Å². The highest BCUT2D eigenvalue weighted by molar-refractivity contribution is 7.91. The van der Waals surface area contributed by atoms with Crippen LogP contribution in [0.1, 0.15) is 11.5 Å². The molecular weight excluding hydrogens is 298 g/mol. The van der Waals surface area contributed by atoms with Crippen LogP contribution in [0.4, 0.5) is 0 Å². The van der Waals surface area contributed by atoms with Crippen molar-refractivity contribution in [2.45, 2.75) is 11.2 Å². The monoisotopic (exact) mass is 309 g/mol. The number of carboxylic acid groups (broad SMARTS) is 1. The van der Waals surface area contributed by atoms with E-state index in [1.165, 1.54) is 6.07 Å². The molecule has 0 aromatic heterocycles. The van der Waals surface area contributed by atoms with E-state index in [1.807, 2.05) is 0 Å². The number of fused-ring (bicyclic) bond motifs is 1. The van der Waals surface area contributed by atoms with Crippen LogP contribution < -0.4 is 9.47 Å². The Bertz CT molecular complexity index is 780. The summed E-state index contributed by atoms with van der Waals surface area (Å²) in [4.78, 5) is 11.4. The van der Waals surface area contributed by atoms with E-state index < -0.39 is 32.4 Å².